The van der Waals surface area contributed by atoms with E-state index < -0.39 is 14.6 Å². The maximum absolute atomic E-state index is 12.0. The Kier molecular flexibility index (Phi) is 4.02. The van der Waals surface area contributed by atoms with Crippen molar-refractivity contribution in [1.82, 2.24) is 9.55 Å². The van der Waals surface area contributed by atoms with Crippen LogP contribution < -0.4 is 0 Å². The average molecular weight is 258 g/mol. The molecular formula is C12H22N2O2S. The van der Waals surface area contributed by atoms with Crippen molar-refractivity contribution in [2.45, 2.75) is 51.8 Å². The topological polar surface area (TPSA) is 52.0 Å². The second-order valence-corrected chi connectivity index (χ2v) is 8.43. The first kappa shape index (κ1) is 14.2. The molecule has 0 N–H and O–H groups in total. The Labute approximate surface area is 104 Å². The summed E-state index contributed by atoms with van der Waals surface area (Å²) in [6.07, 6.45) is 3.56. The van der Waals surface area contributed by atoms with Gasteiger partial charge < -0.3 is 4.57 Å². The third-order valence-corrected chi connectivity index (χ3v) is 5.38. The quantitative estimate of drug-likeness (QED) is 0.832. The van der Waals surface area contributed by atoms with Gasteiger partial charge in [0, 0.05) is 24.9 Å². The number of nitrogens with zero attached hydrogens (tertiary/aromatic N) is 2. The van der Waals surface area contributed by atoms with Crippen LogP contribution in [0.25, 0.3) is 0 Å². The summed E-state index contributed by atoms with van der Waals surface area (Å²) in [4.78, 5) is 4.25. The molecule has 0 atom stereocenters. The minimum Gasteiger partial charge on any atom is -0.334 e. The first-order valence-corrected chi connectivity index (χ1v) is 7.53. The first-order chi connectivity index (χ1) is 7.65. The van der Waals surface area contributed by atoms with Crippen LogP contribution in [-0.4, -0.2) is 28.5 Å². The summed E-state index contributed by atoms with van der Waals surface area (Å²) >= 11 is 0. The SMILES string of the molecule is CC(C)c1nccn1CCS(=O)(=O)C(C)(C)C. The maximum atomic E-state index is 12.0. The van der Waals surface area contributed by atoms with Gasteiger partial charge in [0.1, 0.15) is 5.82 Å². The zero-order valence-corrected chi connectivity index (χ0v) is 12.1. The van der Waals surface area contributed by atoms with E-state index in [1.165, 1.54) is 0 Å². The Morgan fingerprint density at radius 2 is 1.94 bits per heavy atom. The summed E-state index contributed by atoms with van der Waals surface area (Å²) in [5, 5.41) is 0. The molecule has 1 aromatic rings. The molecule has 0 amide bonds. The standard InChI is InChI=1S/C12H22N2O2S/c1-10(2)11-13-6-7-14(11)8-9-17(15,16)12(3,4)5/h6-7,10H,8-9H2,1-5H3. The van der Waals surface area contributed by atoms with Crippen LogP contribution in [0, 0.1) is 0 Å². The van der Waals surface area contributed by atoms with Gasteiger partial charge in [-0.05, 0) is 20.8 Å². The largest absolute Gasteiger partial charge is 0.334 e. The highest BCUT2D eigenvalue weighted by Gasteiger charge is 2.28. The van der Waals surface area contributed by atoms with E-state index in [0.29, 0.717) is 12.5 Å². The van der Waals surface area contributed by atoms with Crippen LogP contribution in [-0.2, 0) is 16.4 Å². The van der Waals surface area contributed by atoms with Gasteiger partial charge in [-0.1, -0.05) is 13.8 Å². The summed E-state index contributed by atoms with van der Waals surface area (Å²) in [5.74, 6) is 1.41. The molecule has 0 fully saturated rings. The summed E-state index contributed by atoms with van der Waals surface area (Å²) in [7, 11) is -3.06. The van der Waals surface area contributed by atoms with Crippen molar-refractivity contribution in [3.8, 4) is 0 Å². The molecule has 0 spiro atoms. The molecule has 1 aromatic heterocycles. The molecular weight excluding hydrogens is 236 g/mol. The molecule has 0 unspecified atom stereocenters. The molecule has 0 saturated carbocycles. The first-order valence-electron chi connectivity index (χ1n) is 5.88. The summed E-state index contributed by atoms with van der Waals surface area (Å²) < 4.78 is 25.2. The molecule has 17 heavy (non-hydrogen) atoms. The van der Waals surface area contributed by atoms with Crippen molar-refractivity contribution >= 4 is 9.84 Å². The van der Waals surface area contributed by atoms with Crippen molar-refractivity contribution in [3.63, 3.8) is 0 Å². The third kappa shape index (κ3) is 3.31. The molecule has 0 aliphatic heterocycles. The van der Waals surface area contributed by atoms with Crippen LogP contribution in [0.15, 0.2) is 12.4 Å². The van der Waals surface area contributed by atoms with Gasteiger partial charge >= 0.3 is 0 Å². The monoisotopic (exact) mass is 258 g/mol. The van der Waals surface area contributed by atoms with E-state index in [1.54, 1.807) is 27.0 Å². The smallest absolute Gasteiger partial charge is 0.156 e. The molecule has 0 saturated heterocycles. The van der Waals surface area contributed by atoms with Gasteiger partial charge in [-0.3, -0.25) is 0 Å². The lowest BCUT2D eigenvalue weighted by atomic mass is 10.2. The molecule has 1 rings (SSSR count). The van der Waals surface area contributed by atoms with E-state index in [4.69, 9.17) is 0 Å². The molecule has 0 bridgehead atoms. The van der Waals surface area contributed by atoms with Crippen molar-refractivity contribution < 1.29 is 8.42 Å². The van der Waals surface area contributed by atoms with E-state index >= 15 is 0 Å². The summed E-state index contributed by atoms with van der Waals surface area (Å²) in [6.45, 7) is 9.79. The predicted octanol–water partition coefficient (Wildman–Crippen LogP) is 2.22. The maximum Gasteiger partial charge on any atom is 0.156 e. The van der Waals surface area contributed by atoms with Crippen LogP contribution in [0.4, 0.5) is 0 Å². The van der Waals surface area contributed by atoms with E-state index in [9.17, 15) is 8.42 Å². The second kappa shape index (κ2) is 4.80. The van der Waals surface area contributed by atoms with Crippen molar-refractivity contribution in [2.24, 2.45) is 0 Å². The van der Waals surface area contributed by atoms with E-state index in [0.717, 1.165) is 5.82 Å². The number of imidazole rings is 1. The van der Waals surface area contributed by atoms with Gasteiger partial charge in [0.05, 0.1) is 10.5 Å². The van der Waals surface area contributed by atoms with Crippen molar-refractivity contribution in [3.05, 3.63) is 18.2 Å². The molecule has 4 nitrogen and oxygen atoms in total. The van der Waals surface area contributed by atoms with Gasteiger partial charge in [-0.25, -0.2) is 13.4 Å². The second-order valence-electron chi connectivity index (χ2n) is 5.56. The zero-order valence-electron chi connectivity index (χ0n) is 11.3. The molecule has 0 radical (unpaired) electrons. The minimum atomic E-state index is -3.06. The van der Waals surface area contributed by atoms with Crippen LogP contribution in [0.5, 0.6) is 0 Å². The van der Waals surface area contributed by atoms with Crippen LogP contribution >= 0.6 is 0 Å². The lowest BCUT2D eigenvalue weighted by Gasteiger charge is -2.19. The normalized spacial score (nSPS) is 13.3. The number of sulfone groups is 1. The highest BCUT2D eigenvalue weighted by atomic mass is 32.2. The van der Waals surface area contributed by atoms with Gasteiger partial charge in [0.2, 0.25) is 0 Å². The molecule has 1 heterocycles. The number of hydrogen-bond acceptors (Lipinski definition) is 3. The third-order valence-electron chi connectivity index (χ3n) is 2.80. The lowest BCUT2D eigenvalue weighted by Crippen LogP contribution is -2.32. The number of aryl methyl sites for hydroxylation is 1. The van der Waals surface area contributed by atoms with Crippen molar-refractivity contribution in [1.29, 1.82) is 0 Å². The fourth-order valence-corrected chi connectivity index (χ4v) is 2.58. The van der Waals surface area contributed by atoms with Gasteiger partial charge in [0.25, 0.3) is 0 Å². The Bertz CT molecular complexity index is 467. The highest BCUT2D eigenvalue weighted by Crippen LogP contribution is 2.17. The fraction of sp³-hybridized carbons (Fsp3) is 0.750. The van der Waals surface area contributed by atoms with Gasteiger partial charge in [0.15, 0.2) is 9.84 Å². The zero-order chi connectivity index (χ0) is 13.3. The Balaban J connectivity index is 2.79. The van der Waals surface area contributed by atoms with Crippen LogP contribution in [0.3, 0.4) is 0 Å². The van der Waals surface area contributed by atoms with Gasteiger partial charge in [-0.15, -0.1) is 0 Å². The average Bonchev–Trinajstić information content (AvgIpc) is 2.60. The van der Waals surface area contributed by atoms with E-state index in [1.807, 2.05) is 10.8 Å². The van der Waals surface area contributed by atoms with Crippen LogP contribution in [0.2, 0.25) is 0 Å². The van der Waals surface area contributed by atoms with Crippen LogP contribution in [0.1, 0.15) is 46.4 Å². The molecule has 0 aromatic carbocycles. The lowest BCUT2D eigenvalue weighted by molar-refractivity contribution is 0.550. The Hall–Kier alpha value is -0.840. The Morgan fingerprint density at radius 3 is 2.41 bits per heavy atom. The molecule has 0 aliphatic rings. The number of hydrogen-bond donors (Lipinski definition) is 0. The minimum absolute atomic E-state index is 0.159. The number of aromatic nitrogens is 2. The summed E-state index contributed by atoms with van der Waals surface area (Å²) in [6, 6.07) is 0. The predicted molar refractivity (Wildman–Crippen MR) is 69.9 cm³/mol. The number of rotatable bonds is 4. The van der Waals surface area contributed by atoms with E-state index in [2.05, 4.69) is 18.8 Å². The highest BCUT2D eigenvalue weighted by molar-refractivity contribution is 7.92. The molecule has 5 heteroatoms. The summed E-state index contributed by atoms with van der Waals surface area (Å²) in [5.41, 5.74) is 0. The Morgan fingerprint density at radius 1 is 1.35 bits per heavy atom. The molecule has 98 valence electrons. The molecule has 0 aliphatic carbocycles. The van der Waals surface area contributed by atoms with E-state index in [-0.39, 0.29) is 5.75 Å². The van der Waals surface area contributed by atoms with Gasteiger partial charge in [-0.2, -0.15) is 0 Å². The fourth-order valence-electron chi connectivity index (χ4n) is 1.54. The van der Waals surface area contributed by atoms with Crippen molar-refractivity contribution in [2.75, 3.05) is 5.75 Å².